The third kappa shape index (κ3) is 3.32. The Bertz CT molecular complexity index is 492. The molecule has 0 spiro atoms. The van der Waals surface area contributed by atoms with Gasteiger partial charge in [-0.05, 0) is 37.0 Å². The van der Waals surface area contributed by atoms with Crippen LogP contribution in [0.25, 0.3) is 0 Å². The first-order valence-electron chi connectivity index (χ1n) is 6.76. The molecule has 0 amide bonds. The van der Waals surface area contributed by atoms with E-state index in [4.69, 9.17) is 0 Å². The van der Waals surface area contributed by atoms with Crippen molar-refractivity contribution < 1.29 is 18.0 Å². The summed E-state index contributed by atoms with van der Waals surface area (Å²) in [5, 5.41) is 0. The van der Waals surface area contributed by atoms with E-state index in [1.807, 2.05) is 18.7 Å². The Morgan fingerprint density at radius 2 is 2.00 bits per heavy atom. The van der Waals surface area contributed by atoms with Crippen LogP contribution in [0.4, 0.5) is 18.9 Å². The van der Waals surface area contributed by atoms with Gasteiger partial charge in [0.1, 0.15) is 0 Å². The fourth-order valence-electron chi connectivity index (χ4n) is 2.32. The SMILES string of the molecule is CC(C)CN(c1ccc(C=O)c(C(F)(F)F)c1)C1CC1. The van der Waals surface area contributed by atoms with Gasteiger partial charge in [-0.3, -0.25) is 4.79 Å². The number of halogens is 3. The van der Waals surface area contributed by atoms with Gasteiger partial charge < -0.3 is 4.90 Å². The van der Waals surface area contributed by atoms with E-state index in [9.17, 15) is 18.0 Å². The lowest BCUT2D eigenvalue weighted by Gasteiger charge is -2.27. The maximum absolute atomic E-state index is 13.0. The first-order chi connectivity index (χ1) is 9.32. The molecule has 0 heterocycles. The van der Waals surface area contributed by atoms with Gasteiger partial charge in [0.05, 0.1) is 5.56 Å². The zero-order chi connectivity index (χ0) is 14.9. The minimum absolute atomic E-state index is 0.260. The van der Waals surface area contributed by atoms with Crippen LogP contribution >= 0.6 is 0 Å². The second-order valence-corrected chi connectivity index (χ2v) is 5.66. The zero-order valence-electron chi connectivity index (χ0n) is 11.6. The highest BCUT2D eigenvalue weighted by atomic mass is 19.4. The van der Waals surface area contributed by atoms with Gasteiger partial charge in [0.25, 0.3) is 0 Å². The molecule has 0 saturated heterocycles. The molecule has 2 rings (SSSR count). The Labute approximate surface area is 116 Å². The minimum atomic E-state index is -4.50. The number of hydrogen-bond acceptors (Lipinski definition) is 2. The molecule has 2 nitrogen and oxygen atoms in total. The third-order valence-corrected chi connectivity index (χ3v) is 3.35. The lowest BCUT2D eigenvalue weighted by Crippen LogP contribution is -2.30. The Balaban J connectivity index is 2.38. The van der Waals surface area contributed by atoms with E-state index in [2.05, 4.69) is 0 Å². The Morgan fingerprint density at radius 3 is 2.45 bits per heavy atom. The van der Waals surface area contributed by atoms with E-state index in [1.165, 1.54) is 6.07 Å². The van der Waals surface area contributed by atoms with Gasteiger partial charge in [0, 0.05) is 23.8 Å². The molecule has 1 aliphatic carbocycles. The van der Waals surface area contributed by atoms with Crippen LogP contribution in [0.15, 0.2) is 18.2 Å². The third-order valence-electron chi connectivity index (χ3n) is 3.35. The lowest BCUT2D eigenvalue weighted by atomic mass is 10.1. The Morgan fingerprint density at radius 1 is 1.35 bits per heavy atom. The summed E-state index contributed by atoms with van der Waals surface area (Å²) >= 11 is 0. The van der Waals surface area contributed by atoms with E-state index in [0.29, 0.717) is 17.6 Å². The quantitative estimate of drug-likeness (QED) is 0.758. The number of benzene rings is 1. The number of carbonyl (C=O) groups is 1. The smallest absolute Gasteiger partial charge is 0.368 e. The number of carbonyl (C=O) groups excluding carboxylic acids is 1. The fraction of sp³-hybridized carbons (Fsp3) is 0.533. The number of hydrogen-bond donors (Lipinski definition) is 0. The van der Waals surface area contributed by atoms with Gasteiger partial charge in [0.15, 0.2) is 6.29 Å². The van der Waals surface area contributed by atoms with Crippen molar-refractivity contribution >= 4 is 12.0 Å². The highest BCUT2D eigenvalue weighted by molar-refractivity contribution is 5.79. The van der Waals surface area contributed by atoms with Gasteiger partial charge in [-0.2, -0.15) is 13.2 Å². The second-order valence-electron chi connectivity index (χ2n) is 5.66. The van der Waals surface area contributed by atoms with Crippen molar-refractivity contribution in [2.24, 2.45) is 5.92 Å². The number of alkyl halides is 3. The van der Waals surface area contributed by atoms with Crippen molar-refractivity contribution in [1.29, 1.82) is 0 Å². The average molecular weight is 285 g/mol. The summed E-state index contributed by atoms with van der Waals surface area (Å²) in [5.74, 6) is 0.371. The molecule has 5 heteroatoms. The maximum Gasteiger partial charge on any atom is 0.417 e. The van der Waals surface area contributed by atoms with Crippen molar-refractivity contribution in [2.45, 2.75) is 38.9 Å². The molecular weight excluding hydrogens is 267 g/mol. The number of anilines is 1. The topological polar surface area (TPSA) is 20.3 Å². The normalized spacial score (nSPS) is 15.5. The number of aldehydes is 1. The number of rotatable bonds is 5. The first kappa shape index (κ1) is 14.9. The molecule has 0 N–H and O–H groups in total. The van der Waals surface area contributed by atoms with Gasteiger partial charge >= 0.3 is 6.18 Å². The molecule has 0 aliphatic heterocycles. The highest BCUT2D eigenvalue weighted by Gasteiger charge is 2.35. The van der Waals surface area contributed by atoms with Crippen molar-refractivity contribution in [1.82, 2.24) is 0 Å². The van der Waals surface area contributed by atoms with Crippen LogP contribution in [0.3, 0.4) is 0 Å². The van der Waals surface area contributed by atoms with E-state index in [-0.39, 0.29) is 11.8 Å². The van der Waals surface area contributed by atoms with Gasteiger partial charge in [-0.25, -0.2) is 0 Å². The van der Waals surface area contributed by atoms with Crippen LogP contribution in [-0.2, 0) is 6.18 Å². The number of nitrogens with zero attached hydrogens (tertiary/aromatic N) is 1. The minimum Gasteiger partial charge on any atom is -0.368 e. The van der Waals surface area contributed by atoms with Gasteiger partial charge in [-0.15, -0.1) is 0 Å². The summed E-state index contributed by atoms with van der Waals surface area (Å²) in [6.07, 6.45) is -2.21. The van der Waals surface area contributed by atoms with Crippen LogP contribution in [0.5, 0.6) is 0 Å². The lowest BCUT2D eigenvalue weighted by molar-refractivity contribution is -0.137. The standard InChI is InChI=1S/C15H18F3NO/c1-10(2)8-19(12-5-6-12)13-4-3-11(9-20)14(7-13)15(16,17)18/h3-4,7,9-10,12H,5-6,8H2,1-2H3. The molecular formula is C15H18F3NO. The molecule has 1 aromatic carbocycles. The van der Waals surface area contributed by atoms with Crippen molar-refractivity contribution in [2.75, 3.05) is 11.4 Å². The maximum atomic E-state index is 13.0. The molecule has 1 saturated carbocycles. The zero-order valence-corrected chi connectivity index (χ0v) is 11.6. The van der Waals surface area contributed by atoms with Crippen molar-refractivity contribution in [3.8, 4) is 0 Å². The molecule has 1 fully saturated rings. The van der Waals surface area contributed by atoms with Crippen molar-refractivity contribution in [3.63, 3.8) is 0 Å². The molecule has 0 bridgehead atoms. The second kappa shape index (κ2) is 5.46. The van der Waals surface area contributed by atoms with Crippen LogP contribution < -0.4 is 4.90 Å². The summed E-state index contributed by atoms with van der Waals surface area (Å²) in [6.45, 7) is 4.81. The predicted octanol–water partition coefficient (Wildman–Crippen LogP) is 4.14. The van der Waals surface area contributed by atoms with Gasteiger partial charge in [-0.1, -0.05) is 13.8 Å². The summed E-state index contributed by atoms with van der Waals surface area (Å²) in [6, 6.07) is 4.31. The van der Waals surface area contributed by atoms with E-state index in [1.54, 1.807) is 6.07 Å². The van der Waals surface area contributed by atoms with E-state index >= 15 is 0 Å². The van der Waals surface area contributed by atoms with Crippen LogP contribution in [-0.4, -0.2) is 18.9 Å². The van der Waals surface area contributed by atoms with Crippen LogP contribution in [0.1, 0.15) is 42.6 Å². The largest absolute Gasteiger partial charge is 0.417 e. The van der Waals surface area contributed by atoms with Crippen molar-refractivity contribution in [3.05, 3.63) is 29.3 Å². The Hall–Kier alpha value is -1.52. The highest BCUT2D eigenvalue weighted by Crippen LogP contribution is 2.37. The summed E-state index contributed by atoms with van der Waals surface area (Å²) in [4.78, 5) is 12.8. The first-order valence-corrected chi connectivity index (χ1v) is 6.76. The molecule has 1 aromatic rings. The van der Waals surface area contributed by atoms with E-state index < -0.39 is 11.7 Å². The van der Waals surface area contributed by atoms with E-state index in [0.717, 1.165) is 25.5 Å². The molecule has 1 aliphatic rings. The fourth-order valence-corrected chi connectivity index (χ4v) is 2.32. The molecule has 0 unspecified atom stereocenters. The van der Waals surface area contributed by atoms with Gasteiger partial charge in [0.2, 0.25) is 0 Å². The average Bonchev–Trinajstić information content (AvgIpc) is 3.18. The molecule has 0 radical (unpaired) electrons. The molecule has 20 heavy (non-hydrogen) atoms. The monoisotopic (exact) mass is 285 g/mol. The molecule has 0 atom stereocenters. The summed E-state index contributed by atoms with van der Waals surface area (Å²) in [7, 11) is 0. The predicted molar refractivity (Wildman–Crippen MR) is 72.0 cm³/mol. The molecule has 0 aromatic heterocycles. The summed E-state index contributed by atoms with van der Waals surface area (Å²) < 4.78 is 38.9. The summed E-state index contributed by atoms with van der Waals surface area (Å²) in [5.41, 5.74) is -0.597. The Kier molecular flexibility index (Phi) is 4.06. The van der Waals surface area contributed by atoms with Crippen LogP contribution in [0, 0.1) is 5.92 Å². The molecule has 110 valence electrons. The van der Waals surface area contributed by atoms with Crippen LogP contribution in [0.2, 0.25) is 0 Å².